The predicted octanol–water partition coefficient (Wildman–Crippen LogP) is 4.78. The van der Waals surface area contributed by atoms with E-state index in [0.29, 0.717) is 10.0 Å². The Hall–Kier alpha value is -1.22. The van der Waals surface area contributed by atoms with Crippen LogP contribution in [0.25, 0.3) is 0 Å². The number of para-hydroxylation sites is 1. The van der Waals surface area contributed by atoms with Gasteiger partial charge in [0.05, 0.1) is 0 Å². The van der Waals surface area contributed by atoms with Crippen LogP contribution in [0, 0.1) is 0 Å². The molecule has 0 bridgehead atoms. The molecule has 1 aliphatic heterocycles. The normalized spacial score (nSPS) is 21.1. The van der Waals surface area contributed by atoms with Crippen molar-refractivity contribution in [2.24, 2.45) is 0 Å². The zero-order valence-electron chi connectivity index (χ0n) is 11.1. The molecule has 20 heavy (non-hydrogen) atoms. The molecule has 1 aliphatic rings. The summed E-state index contributed by atoms with van der Waals surface area (Å²) in [5.41, 5.74) is 2.17. The first-order valence-electron chi connectivity index (χ1n) is 6.57. The monoisotopic (exact) mass is 307 g/mol. The smallest absolute Gasteiger partial charge is 0.127 e. The summed E-state index contributed by atoms with van der Waals surface area (Å²) in [6.07, 6.45) is 0.779. The van der Waals surface area contributed by atoms with Crippen molar-refractivity contribution in [1.82, 2.24) is 5.32 Å². The van der Waals surface area contributed by atoms with Crippen molar-refractivity contribution in [2.75, 3.05) is 7.05 Å². The average molecular weight is 308 g/mol. The standard InChI is InChI=1S/C16H15Cl2NO/c1-19-14-9-16(11-7-6-10(17)8-13(11)18)20-15-5-3-2-4-12(14)15/h2-8,14,16,19H,9H2,1H3. The maximum Gasteiger partial charge on any atom is 0.127 e. The Morgan fingerprint density at radius 2 is 1.90 bits per heavy atom. The zero-order valence-corrected chi connectivity index (χ0v) is 12.6. The number of hydrogen-bond donors (Lipinski definition) is 1. The van der Waals surface area contributed by atoms with Crippen molar-refractivity contribution in [2.45, 2.75) is 18.6 Å². The molecule has 0 spiro atoms. The topological polar surface area (TPSA) is 21.3 Å². The molecular formula is C16H15Cl2NO. The fourth-order valence-electron chi connectivity index (χ4n) is 2.64. The lowest BCUT2D eigenvalue weighted by Crippen LogP contribution is -2.26. The zero-order chi connectivity index (χ0) is 14.1. The summed E-state index contributed by atoms with van der Waals surface area (Å²) in [5.74, 6) is 0.911. The second-order valence-corrected chi connectivity index (χ2v) is 5.73. The van der Waals surface area contributed by atoms with E-state index in [1.54, 1.807) is 6.07 Å². The Balaban J connectivity index is 1.97. The highest BCUT2D eigenvalue weighted by atomic mass is 35.5. The molecule has 0 radical (unpaired) electrons. The molecule has 3 rings (SSSR count). The quantitative estimate of drug-likeness (QED) is 0.862. The van der Waals surface area contributed by atoms with Gasteiger partial charge in [0.15, 0.2) is 0 Å². The molecule has 2 aromatic carbocycles. The van der Waals surface area contributed by atoms with Gasteiger partial charge in [0, 0.05) is 33.6 Å². The lowest BCUT2D eigenvalue weighted by Gasteiger charge is -2.32. The second-order valence-electron chi connectivity index (χ2n) is 4.89. The minimum Gasteiger partial charge on any atom is -0.485 e. The van der Waals surface area contributed by atoms with Crippen LogP contribution in [-0.4, -0.2) is 7.05 Å². The number of nitrogens with one attached hydrogen (secondary N) is 1. The van der Waals surface area contributed by atoms with Gasteiger partial charge in [-0.25, -0.2) is 0 Å². The van der Waals surface area contributed by atoms with Crippen LogP contribution in [0.3, 0.4) is 0 Å². The molecule has 0 saturated heterocycles. The Morgan fingerprint density at radius 1 is 1.10 bits per heavy atom. The van der Waals surface area contributed by atoms with Gasteiger partial charge in [-0.05, 0) is 25.2 Å². The van der Waals surface area contributed by atoms with Gasteiger partial charge in [0.25, 0.3) is 0 Å². The average Bonchev–Trinajstić information content (AvgIpc) is 2.46. The number of rotatable bonds is 2. The molecule has 1 heterocycles. The maximum atomic E-state index is 6.30. The van der Waals surface area contributed by atoms with Crippen LogP contribution in [-0.2, 0) is 0 Å². The van der Waals surface area contributed by atoms with E-state index < -0.39 is 0 Å². The molecule has 2 unspecified atom stereocenters. The van der Waals surface area contributed by atoms with Crippen molar-refractivity contribution in [3.63, 3.8) is 0 Å². The molecule has 1 N–H and O–H groups in total. The second kappa shape index (κ2) is 5.65. The van der Waals surface area contributed by atoms with E-state index in [2.05, 4.69) is 11.4 Å². The van der Waals surface area contributed by atoms with Crippen LogP contribution in [0.2, 0.25) is 10.0 Å². The van der Waals surface area contributed by atoms with Crippen LogP contribution in [0.5, 0.6) is 5.75 Å². The van der Waals surface area contributed by atoms with Crippen molar-refractivity contribution in [3.8, 4) is 5.75 Å². The van der Waals surface area contributed by atoms with Crippen LogP contribution in [0.15, 0.2) is 42.5 Å². The number of ether oxygens (including phenoxy) is 1. The summed E-state index contributed by atoms with van der Waals surface area (Å²) in [5, 5.41) is 4.63. The van der Waals surface area contributed by atoms with Gasteiger partial charge >= 0.3 is 0 Å². The summed E-state index contributed by atoms with van der Waals surface area (Å²) in [6, 6.07) is 13.9. The van der Waals surface area contributed by atoms with Gasteiger partial charge in [0.2, 0.25) is 0 Å². The van der Waals surface area contributed by atoms with Crippen molar-refractivity contribution >= 4 is 23.2 Å². The van der Waals surface area contributed by atoms with Crippen LogP contribution in [0.4, 0.5) is 0 Å². The van der Waals surface area contributed by atoms with E-state index in [9.17, 15) is 0 Å². The molecule has 0 saturated carbocycles. The third-order valence-corrected chi connectivity index (χ3v) is 4.23. The molecule has 104 valence electrons. The Bertz CT molecular complexity index is 630. The molecule has 0 amide bonds. The van der Waals surface area contributed by atoms with Crippen molar-refractivity contribution < 1.29 is 4.74 Å². The number of hydrogen-bond acceptors (Lipinski definition) is 2. The number of fused-ring (bicyclic) bond motifs is 1. The van der Waals surface area contributed by atoms with Crippen molar-refractivity contribution in [3.05, 3.63) is 63.6 Å². The summed E-state index contributed by atoms with van der Waals surface area (Å²) < 4.78 is 6.10. The highest BCUT2D eigenvalue weighted by Gasteiger charge is 2.29. The molecule has 4 heteroatoms. The predicted molar refractivity (Wildman–Crippen MR) is 82.7 cm³/mol. The fourth-order valence-corrected chi connectivity index (χ4v) is 3.17. The van der Waals surface area contributed by atoms with Gasteiger partial charge in [0.1, 0.15) is 11.9 Å². The first-order chi connectivity index (χ1) is 9.69. The van der Waals surface area contributed by atoms with Gasteiger partial charge in [-0.15, -0.1) is 0 Å². The summed E-state index contributed by atoms with van der Waals surface area (Å²) in [4.78, 5) is 0. The molecule has 0 aromatic heterocycles. The summed E-state index contributed by atoms with van der Waals surface area (Å²) in [6.45, 7) is 0. The van der Waals surface area contributed by atoms with E-state index in [1.807, 2.05) is 37.4 Å². The highest BCUT2D eigenvalue weighted by molar-refractivity contribution is 6.35. The maximum absolute atomic E-state index is 6.30. The SMILES string of the molecule is CNC1CC(c2ccc(Cl)cc2Cl)Oc2ccccc21. The first kappa shape index (κ1) is 13.7. The minimum absolute atomic E-state index is 0.0629. The largest absolute Gasteiger partial charge is 0.485 e. The lowest BCUT2D eigenvalue weighted by atomic mass is 9.93. The van der Waals surface area contributed by atoms with Gasteiger partial charge in [-0.1, -0.05) is 47.5 Å². The number of halogens is 2. The molecule has 2 aromatic rings. The molecule has 0 fully saturated rings. The van der Waals surface area contributed by atoms with E-state index >= 15 is 0 Å². The third kappa shape index (κ3) is 2.51. The number of benzene rings is 2. The lowest BCUT2D eigenvalue weighted by molar-refractivity contribution is 0.154. The summed E-state index contributed by atoms with van der Waals surface area (Å²) in [7, 11) is 1.97. The Labute approximate surface area is 128 Å². The minimum atomic E-state index is -0.0629. The van der Waals surface area contributed by atoms with E-state index in [-0.39, 0.29) is 12.1 Å². The van der Waals surface area contributed by atoms with E-state index in [1.165, 1.54) is 5.56 Å². The van der Waals surface area contributed by atoms with Gasteiger partial charge in [-0.3, -0.25) is 0 Å². The first-order valence-corrected chi connectivity index (χ1v) is 7.32. The van der Waals surface area contributed by atoms with Gasteiger partial charge in [-0.2, -0.15) is 0 Å². The molecular weight excluding hydrogens is 293 g/mol. The summed E-state index contributed by atoms with van der Waals surface area (Å²) >= 11 is 12.3. The highest BCUT2D eigenvalue weighted by Crippen LogP contribution is 2.42. The third-order valence-electron chi connectivity index (χ3n) is 3.67. The molecule has 2 nitrogen and oxygen atoms in total. The molecule has 2 atom stereocenters. The Morgan fingerprint density at radius 3 is 2.65 bits per heavy atom. The fraction of sp³-hybridized carbons (Fsp3) is 0.250. The van der Waals surface area contributed by atoms with Crippen molar-refractivity contribution in [1.29, 1.82) is 0 Å². The van der Waals surface area contributed by atoms with Crippen LogP contribution < -0.4 is 10.1 Å². The van der Waals surface area contributed by atoms with Crippen LogP contribution >= 0.6 is 23.2 Å². The molecule has 0 aliphatic carbocycles. The van der Waals surface area contributed by atoms with Gasteiger partial charge < -0.3 is 10.1 Å². The van der Waals surface area contributed by atoms with E-state index in [0.717, 1.165) is 17.7 Å². The Kier molecular flexibility index (Phi) is 3.88. The van der Waals surface area contributed by atoms with Crippen LogP contribution in [0.1, 0.15) is 29.7 Å². The van der Waals surface area contributed by atoms with E-state index in [4.69, 9.17) is 27.9 Å².